The molecular formula is C15H23F2NOS. The molecule has 20 heavy (non-hydrogen) atoms. The van der Waals surface area contributed by atoms with Crippen molar-refractivity contribution < 1.29 is 13.9 Å². The van der Waals surface area contributed by atoms with Gasteiger partial charge in [0.2, 0.25) is 0 Å². The summed E-state index contributed by atoms with van der Waals surface area (Å²) in [5.41, 5.74) is 0.0372. The Morgan fingerprint density at radius 2 is 2.00 bits per heavy atom. The van der Waals surface area contributed by atoms with Crippen molar-refractivity contribution in [2.24, 2.45) is 0 Å². The van der Waals surface area contributed by atoms with Gasteiger partial charge >= 0.3 is 0 Å². The molecule has 0 saturated heterocycles. The molecule has 0 aliphatic carbocycles. The molecule has 0 aliphatic heterocycles. The Hall–Kier alpha value is -0.650. The lowest BCUT2D eigenvalue weighted by atomic mass is 10.1. The third kappa shape index (κ3) is 5.04. The smallest absolute Gasteiger partial charge is 0.164 e. The van der Waals surface area contributed by atoms with Crippen LogP contribution in [0.4, 0.5) is 8.78 Å². The van der Waals surface area contributed by atoms with Crippen LogP contribution >= 0.6 is 11.8 Å². The molecule has 1 rings (SSSR count). The van der Waals surface area contributed by atoms with Crippen molar-refractivity contribution in [1.29, 1.82) is 0 Å². The molecule has 1 N–H and O–H groups in total. The second-order valence-corrected chi connectivity index (χ2v) is 6.04. The third-order valence-electron chi connectivity index (χ3n) is 3.59. The largest absolute Gasteiger partial charge is 0.388 e. The number of halogens is 2. The highest BCUT2D eigenvalue weighted by Gasteiger charge is 2.17. The number of benzene rings is 1. The zero-order valence-electron chi connectivity index (χ0n) is 12.3. The first-order chi connectivity index (χ1) is 9.47. The summed E-state index contributed by atoms with van der Waals surface area (Å²) >= 11 is 1.80. The van der Waals surface area contributed by atoms with Gasteiger partial charge in [0.05, 0.1) is 6.10 Å². The van der Waals surface area contributed by atoms with Crippen LogP contribution in [-0.2, 0) is 0 Å². The minimum absolute atomic E-state index is 0.0372. The minimum atomic E-state index is -0.971. The van der Waals surface area contributed by atoms with E-state index in [1.54, 1.807) is 11.8 Å². The molecule has 0 heterocycles. The molecule has 0 radical (unpaired) electrons. The van der Waals surface area contributed by atoms with Crippen LogP contribution in [0.3, 0.4) is 0 Å². The van der Waals surface area contributed by atoms with E-state index in [1.165, 1.54) is 12.1 Å². The van der Waals surface area contributed by atoms with Crippen LogP contribution < -0.4 is 0 Å². The van der Waals surface area contributed by atoms with Crippen molar-refractivity contribution in [2.45, 2.75) is 31.9 Å². The number of aliphatic hydroxyl groups is 1. The minimum Gasteiger partial charge on any atom is -0.388 e. The van der Waals surface area contributed by atoms with Gasteiger partial charge in [-0.3, -0.25) is 0 Å². The first kappa shape index (κ1) is 17.4. The lowest BCUT2D eigenvalue weighted by Gasteiger charge is -2.25. The second kappa shape index (κ2) is 8.60. The molecule has 0 aliphatic rings. The molecule has 0 spiro atoms. The van der Waals surface area contributed by atoms with Gasteiger partial charge in [-0.25, -0.2) is 8.78 Å². The quantitative estimate of drug-likeness (QED) is 0.795. The fourth-order valence-corrected chi connectivity index (χ4v) is 2.57. The van der Waals surface area contributed by atoms with Gasteiger partial charge in [0.1, 0.15) is 0 Å². The Morgan fingerprint density at radius 3 is 2.65 bits per heavy atom. The van der Waals surface area contributed by atoms with Gasteiger partial charge in [0, 0.05) is 18.2 Å². The highest BCUT2D eigenvalue weighted by molar-refractivity contribution is 7.98. The summed E-state index contributed by atoms with van der Waals surface area (Å²) in [6.45, 7) is 2.78. The third-order valence-corrected chi connectivity index (χ3v) is 4.23. The number of hydrogen-bond donors (Lipinski definition) is 1. The second-order valence-electron chi connectivity index (χ2n) is 5.06. The van der Waals surface area contributed by atoms with Gasteiger partial charge in [-0.1, -0.05) is 12.1 Å². The van der Waals surface area contributed by atoms with Crippen LogP contribution in [0.5, 0.6) is 0 Å². The Balaban J connectivity index is 2.50. The molecule has 0 saturated carbocycles. The van der Waals surface area contributed by atoms with Crippen LogP contribution in [0.1, 0.15) is 31.4 Å². The lowest BCUT2D eigenvalue weighted by molar-refractivity contribution is 0.134. The predicted octanol–water partition coefficient (Wildman–Crippen LogP) is 3.46. The van der Waals surface area contributed by atoms with Crippen LogP contribution in [0.15, 0.2) is 18.2 Å². The first-order valence-electron chi connectivity index (χ1n) is 6.78. The van der Waals surface area contributed by atoms with E-state index < -0.39 is 17.7 Å². The zero-order valence-corrected chi connectivity index (χ0v) is 13.1. The van der Waals surface area contributed by atoms with Crippen LogP contribution in [0.25, 0.3) is 0 Å². The monoisotopic (exact) mass is 303 g/mol. The summed E-state index contributed by atoms with van der Waals surface area (Å²) in [6.07, 6.45) is 2.56. The van der Waals surface area contributed by atoms with Gasteiger partial charge in [-0.05, 0) is 44.9 Å². The lowest BCUT2D eigenvalue weighted by Crippen LogP contribution is -2.31. The predicted molar refractivity (Wildman–Crippen MR) is 81.0 cm³/mol. The molecule has 0 amide bonds. The molecule has 5 heteroatoms. The van der Waals surface area contributed by atoms with Gasteiger partial charge in [-0.2, -0.15) is 11.8 Å². The van der Waals surface area contributed by atoms with Crippen molar-refractivity contribution in [1.82, 2.24) is 4.90 Å². The number of thioether (sulfide) groups is 1. The standard InChI is InChI=1S/C15H23F2NOS/c1-11(8-10-20-3)18(2)9-7-14(19)12-5-4-6-13(16)15(12)17/h4-6,11,14,19H,7-10H2,1-3H3. The molecule has 1 aromatic rings. The Labute approximate surface area is 124 Å². The van der Waals surface area contributed by atoms with Crippen molar-refractivity contribution in [2.75, 3.05) is 25.6 Å². The summed E-state index contributed by atoms with van der Waals surface area (Å²) in [4.78, 5) is 2.14. The Morgan fingerprint density at radius 1 is 1.30 bits per heavy atom. The summed E-state index contributed by atoms with van der Waals surface area (Å²) in [5.74, 6) is -0.770. The number of hydrogen-bond acceptors (Lipinski definition) is 3. The van der Waals surface area contributed by atoms with Crippen molar-refractivity contribution in [3.63, 3.8) is 0 Å². The van der Waals surface area contributed by atoms with Crippen LogP contribution in [0.2, 0.25) is 0 Å². The molecule has 1 aromatic carbocycles. The molecule has 2 unspecified atom stereocenters. The van der Waals surface area contributed by atoms with E-state index in [-0.39, 0.29) is 5.56 Å². The first-order valence-corrected chi connectivity index (χ1v) is 8.18. The summed E-state index contributed by atoms with van der Waals surface area (Å²) in [6, 6.07) is 4.32. The van der Waals surface area contributed by atoms with E-state index in [4.69, 9.17) is 0 Å². The van der Waals surface area contributed by atoms with E-state index in [1.807, 2.05) is 7.05 Å². The Bertz CT molecular complexity index is 417. The zero-order chi connectivity index (χ0) is 15.1. The van der Waals surface area contributed by atoms with Crippen molar-refractivity contribution >= 4 is 11.8 Å². The number of nitrogens with zero attached hydrogens (tertiary/aromatic N) is 1. The molecule has 2 nitrogen and oxygen atoms in total. The molecule has 0 aromatic heterocycles. The summed E-state index contributed by atoms with van der Waals surface area (Å²) in [5, 5.41) is 10.00. The number of aliphatic hydroxyl groups excluding tert-OH is 1. The van der Waals surface area contributed by atoms with E-state index in [0.717, 1.165) is 18.2 Å². The maximum atomic E-state index is 13.6. The van der Waals surface area contributed by atoms with Gasteiger partial charge in [-0.15, -0.1) is 0 Å². The van der Waals surface area contributed by atoms with Gasteiger partial charge < -0.3 is 10.0 Å². The SMILES string of the molecule is CSCCC(C)N(C)CCC(O)c1cccc(F)c1F. The molecular weight excluding hydrogens is 280 g/mol. The average molecular weight is 303 g/mol. The van der Waals surface area contributed by atoms with Crippen LogP contribution in [-0.4, -0.2) is 41.6 Å². The Kier molecular flexibility index (Phi) is 7.48. The van der Waals surface area contributed by atoms with Crippen molar-refractivity contribution in [3.05, 3.63) is 35.4 Å². The van der Waals surface area contributed by atoms with Crippen LogP contribution in [0, 0.1) is 11.6 Å². The maximum Gasteiger partial charge on any atom is 0.164 e. The molecule has 0 bridgehead atoms. The fraction of sp³-hybridized carbons (Fsp3) is 0.600. The van der Waals surface area contributed by atoms with E-state index in [2.05, 4.69) is 18.1 Å². The van der Waals surface area contributed by atoms with E-state index in [0.29, 0.717) is 19.0 Å². The highest BCUT2D eigenvalue weighted by Crippen LogP contribution is 2.22. The molecule has 2 atom stereocenters. The van der Waals surface area contributed by atoms with Gasteiger partial charge in [0.15, 0.2) is 11.6 Å². The summed E-state index contributed by atoms with van der Waals surface area (Å²) in [7, 11) is 1.99. The highest BCUT2D eigenvalue weighted by atomic mass is 32.2. The van der Waals surface area contributed by atoms with Gasteiger partial charge in [0.25, 0.3) is 0 Å². The maximum absolute atomic E-state index is 13.6. The fourth-order valence-electron chi connectivity index (χ4n) is 1.99. The topological polar surface area (TPSA) is 23.5 Å². The average Bonchev–Trinajstić information content (AvgIpc) is 2.44. The molecule has 0 fully saturated rings. The van der Waals surface area contributed by atoms with E-state index >= 15 is 0 Å². The normalized spacial score (nSPS) is 14.6. The summed E-state index contributed by atoms with van der Waals surface area (Å²) < 4.78 is 26.7. The van der Waals surface area contributed by atoms with Crippen molar-refractivity contribution in [3.8, 4) is 0 Å². The number of rotatable bonds is 8. The molecule has 114 valence electrons. The van der Waals surface area contributed by atoms with E-state index in [9.17, 15) is 13.9 Å².